The quantitative estimate of drug-likeness (QED) is 0.860. The summed E-state index contributed by atoms with van der Waals surface area (Å²) in [6.45, 7) is 3.39. The molecule has 1 aromatic carbocycles. The van der Waals surface area contributed by atoms with Crippen molar-refractivity contribution in [3.8, 4) is 5.75 Å². The highest BCUT2D eigenvalue weighted by Gasteiger charge is 2.53. The number of aryl methyl sites for hydroxylation is 1. The fourth-order valence-corrected chi connectivity index (χ4v) is 4.46. The van der Waals surface area contributed by atoms with Gasteiger partial charge in [-0.15, -0.1) is 0 Å². The fourth-order valence-electron chi connectivity index (χ4n) is 4.46. The molecule has 3 aliphatic rings. The number of fused-ring (bicyclic) bond motifs is 1. The van der Waals surface area contributed by atoms with E-state index in [2.05, 4.69) is 30.4 Å². The van der Waals surface area contributed by atoms with Gasteiger partial charge >= 0.3 is 0 Å². The van der Waals surface area contributed by atoms with Gasteiger partial charge in [0.25, 0.3) is 0 Å². The number of hydrogen-bond donors (Lipinski definition) is 1. The zero-order valence-electron chi connectivity index (χ0n) is 13.3. The maximum Gasteiger partial charge on any atom is 0.122 e. The van der Waals surface area contributed by atoms with Gasteiger partial charge in [-0.3, -0.25) is 0 Å². The van der Waals surface area contributed by atoms with Crippen molar-refractivity contribution in [3.63, 3.8) is 0 Å². The van der Waals surface area contributed by atoms with E-state index in [9.17, 15) is 0 Å². The first kappa shape index (κ1) is 13.6. The van der Waals surface area contributed by atoms with Gasteiger partial charge < -0.3 is 10.1 Å². The molecule has 21 heavy (non-hydrogen) atoms. The van der Waals surface area contributed by atoms with Gasteiger partial charge in [0, 0.05) is 12.6 Å². The Bertz CT molecular complexity index is 524. The van der Waals surface area contributed by atoms with E-state index in [0.717, 1.165) is 23.6 Å². The number of rotatable bonds is 6. The van der Waals surface area contributed by atoms with Crippen LogP contribution >= 0.6 is 0 Å². The average molecular weight is 285 g/mol. The molecular formula is C19H27NO. The Kier molecular flexibility index (Phi) is 3.25. The second-order valence-electron chi connectivity index (χ2n) is 7.81. The van der Waals surface area contributed by atoms with Crippen LogP contribution in [0, 0.1) is 24.2 Å². The molecule has 3 fully saturated rings. The summed E-state index contributed by atoms with van der Waals surface area (Å²) in [5.41, 5.74) is 3.24. The third-order valence-corrected chi connectivity index (χ3v) is 5.80. The van der Waals surface area contributed by atoms with Crippen LogP contribution in [-0.4, -0.2) is 19.7 Å². The van der Waals surface area contributed by atoms with Crippen LogP contribution < -0.4 is 10.1 Å². The molecule has 0 aliphatic heterocycles. The molecule has 114 valence electrons. The molecule has 0 amide bonds. The van der Waals surface area contributed by atoms with Gasteiger partial charge in [-0.1, -0.05) is 17.7 Å². The first-order chi connectivity index (χ1) is 10.2. The SMILES string of the molecule is COc1ccc(C)cc1CC1(CNC2CC2)CC2CC2C1. The largest absolute Gasteiger partial charge is 0.496 e. The van der Waals surface area contributed by atoms with Gasteiger partial charge in [-0.25, -0.2) is 0 Å². The Balaban J connectivity index is 1.54. The first-order valence-electron chi connectivity index (χ1n) is 8.54. The second-order valence-corrected chi connectivity index (χ2v) is 7.81. The molecule has 2 heteroatoms. The minimum Gasteiger partial charge on any atom is -0.496 e. The van der Waals surface area contributed by atoms with E-state index in [4.69, 9.17) is 4.74 Å². The van der Waals surface area contributed by atoms with Crippen LogP contribution in [0.5, 0.6) is 5.75 Å². The standard InChI is InChI=1S/C19H27NO/c1-13-3-6-18(21-2)16(7-13)11-19(12-20-17-4-5-17)9-14-8-15(14)10-19/h3,6-7,14-15,17,20H,4-5,8-12H2,1-2H3. The highest BCUT2D eigenvalue weighted by Crippen LogP contribution is 2.61. The van der Waals surface area contributed by atoms with Crippen LogP contribution in [0.1, 0.15) is 43.2 Å². The normalized spacial score (nSPS) is 33.8. The van der Waals surface area contributed by atoms with Crippen LogP contribution in [-0.2, 0) is 6.42 Å². The summed E-state index contributed by atoms with van der Waals surface area (Å²) < 4.78 is 5.61. The maximum atomic E-state index is 5.61. The van der Waals surface area contributed by atoms with Crippen LogP contribution in [0.2, 0.25) is 0 Å². The Morgan fingerprint density at radius 2 is 2.00 bits per heavy atom. The zero-order valence-corrected chi connectivity index (χ0v) is 13.3. The van der Waals surface area contributed by atoms with E-state index in [1.807, 2.05) is 0 Å². The lowest BCUT2D eigenvalue weighted by Crippen LogP contribution is -2.36. The van der Waals surface area contributed by atoms with Crippen molar-refractivity contribution in [2.75, 3.05) is 13.7 Å². The van der Waals surface area contributed by atoms with Crippen LogP contribution in [0.4, 0.5) is 0 Å². The predicted octanol–water partition coefficient (Wildman–Crippen LogP) is 3.71. The Morgan fingerprint density at radius 1 is 1.24 bits per heavy atom. The Labute approximate surface area is 128 Å². The lowest BCUT2D eigenvalue weighted by molar-refractivity contribution is 0.244. The molecule has 1 N–H and O–H groups in total. The van der Waals surface area contributed by atoms with Crippen molar-refractivity contribution in [3.05, 3.63) is 29.3 Å². The molecule has 4 rings (SSSR count). The van der Waals surface area contributed by atoms with Crippen molar-refractivity contribution < 1.29 is 4.74 Å². The van der Waals surface area contributed by atoms with Gasteiger partial charge in [-0.05, 0) is 74.3 Å². The second kappa shape index (κ2) is 5.01. The molecule has 3 saturated carbocycles. The number of benzene rings is 1. The van der Waals surface area contributed by atoms with E-state index in [1.165, 1.54) is 56.2 Å². The molecule has 1 aromatic rings. The fraction of sp³-hybridized carbons (Fsp3) is 0.684. The van der Waals surface area contributed by atoms with Crippen LogP contribution in [0.15, 0.2) is 18.2 Å². The van der Waals surface area contributed by atoms with E-state index >= 15 is 0 Å². The molecule has 0 radical (unpaired) electrons. The molecule has 0 saturated heterocycles. The smallest absolute Gasteiger partial charge is 0.122 e. The lowest BCUT2D eigenvalue weighted by atomic mass is 9.77. The number of hydrogen-bond acceptors (Lipinski definition) is 2. The maximum absolute atomic E-state index is 5.61. The highest BCUT2D eigenvalue weighted by atomic mass is 16.5. The minimum absolute atomic E-state index is 0.483. The Morgan fingerprint density at radius 3 is 2.67 bits per heavy atom. The molecule has 3 aliphatic carbocycles. The third-order valence-electron chi connectivity index (χ3n) is 5.80. The number of ether oxygens (including phenoxy) is 1. The van der Waals surface area contributed by atoms with Crippen LogP contribution in [0.3, 0.4) is 0 Å². The van der Waals surface area contributed by atoms with E-state index < -0.39 is 0 Å². The molecule has 0 heterocycles. The average Bonchev–Trinajstić information content (AvgIpc) is 3.37. The third kappa shape index (κ3) is 2.83. The molecule has 2 atom stereocenters. The van der Waals surface area contributed by atoms with Crippen molar-refractivity contribution in [2.45, 2.75) is 51.5 Å². The predicted molar refractivity (Wildman–Crippen MR) is 85.7 cm³/mol. The number of methoxy groups -OCH3 is 1. The topological polar surface area (TPSA) is 21.3 Å². The van der Waals surface area contributed by atoms with Gasteiger partial charge in [0.05, 0.1) is 7.11 Å². The lowest BCUT2D eigenvalue weighted by Gasteiger charge is -2.32. The molecule has 2 unspecified atom stereocenters. The summed E-state index contributed by atoms with van der Waals surface area (Å²) in [6.07, 6.45) is 8.30. The van der Waals surface area contributed by atoms with Crippen molar-refractivity contribution in [1.82, 2.24) is 5.32 Å². The summed E-state index contributed by atoms with van der Waals surface area (Å²) in [4.78, 5) is 0. The van der Waals surface area contributed by atoms with Gasteiger partial charge in [-0.2, -0.15) is 0 Å². The summed E-state index contributed by atoms with van der Waals surface area (Å²) in [5.74, 6) is 3.13. The monoisotopic (exact) mass is 285 g/mol. The summed E-state index contributed by atoms with van der Waals surface area (Å²) in [7, 11) is 1.80. The molecule has 0 bridgehead atoms. The zero-order chi connectivity index (χ0) is 14.4. The molecular weight excluding hydrogens is 258 g/mol. The van der Waals surface area contributed by atoms with E-state index in [-0.39, 0.29) is 0 Å². The van der Waals surface area contributed by atoms with Gasteiger partial charge in [0.15, 0.2) is 0 Å². The highest BCUT2D eigenvalue weighted by molar-refractivity contribution is 5.38. The summed E-state index contributed by atoms with van der Waals surface area (Å²) in [5, 5.41) is 3.81. The Hall–Kier alpha value is -1.02. The van der Waals surface area contributed by atoms with E-state index in [1.54, 1.807) is 7.11 Å². The molecule has 0 aromatic heterocycles. The number of nitrogens with one attached hydrogen (secondary N) is 1. The van der Waals surface area contributed by atoms with Gasteiger partial charge in [0.1, 0.15) is 5.75 Å². The van der Waals surface area contributed by atoms with Crippen LogP contribution in [0.25, 0.3) is 0 Å². The van der Waals surface area contributed by atoms with Crippen molar-refractivity contribution in [1.29, 1.82) is 0 Å². The summed E-state index contributed by atoms with van der Waals surface area (Å²) in [6, 6.07) is 7.45. The minimum atomic E-state index is 0.483. The van der Waals surface area contributed by atoms with Crippen molar-refractivity contribution >= 4 is 0 Å². The molecule has 2 nitrogen and oxygen atoms in total. The summed E-state index contributed by atoms with van der Waals surface area (Å²) >= 11 is 0. The van der Waals surface area contributed by atoms with Crippen molar-refractivity contribution in [2.24, 2.45) is 17.3 Å². The first-order valence-corrected chi connectivity index (χ1v) is 8.54. The van der Waals surface area contributed by atoms with E-state index in [0.29, 0.717) is 5.41 Å². The molecule has 0 spiro atoms. The van der Waals surface area contributed by atoms with Gasteiger partial charge in [0.2, 0.25) is 0 Å².